The molecule has 0 aliphatic rings. The standard InChI is InChI=1S/C77H140O6/c1-4-7-10-13-16-19-22-25-27-29-31-33-35-37-38-40-41-43-45-47-49-52-55-58-61-64-67-70-76(79)82-73-74(72-81-75(78)69-66-63-60-57-54-51-24-21-18-15-12-9-6-3)83-77(80)71-68-65-62-59-56-53-50-48-46-44-42-39-36-34-32-30-28-26-23-20-17-14-11-8-5-2/h8,11,17,20,26,28,32,34,39,42,74H,4-7,9-10,12-16,18-19,21-25,27,29-31,33,35-38,40-41,43-73H2,1-3H3/b11-8-,20-17-,28-26-,34-32-,42-39-. The average Bonchev–Trinajstić information content (AvgIpc) is 3.49. The molecule has 484 valence electrons. The van der Waals surface area contributed by atoms with Gasteiger partial charge in [0, 0.05) is 19.3 Å². The highest BCUT2D eigenvalue weighted by atomic mass is 16.6. The molecule has 1 unspecified atom stereocenters. The van der Waals surface area contributed by atoms with Crippen LogP contribution in [-0.2, 0) is 28.6 Å². The van der Waals surface area contributed by atoms with Crippen molar-refractivity contribution < 1.29 is 28.6 Å². The lowest BCUT2D eigenvalue weighted by Gasteiger charge is -2.18. The van der Waals surface area contributed by atoms with E-state index in [1.807, 2.05) is 0 Å². The second-order valence-corrected chi connectivity index (χ2v) is 24.8. The van der Waals surface area contributed by atoms with Gasteiger partial charge in [0.25, 0.3) is 0 Å². The fraction of sp³-hybridized carbons (Fsp3) is 0.831. The lowest BCUT2D eigenvalue weighted by Crippen LogP contribution is -2.30. The predicted octanol–water partition coefficient (Wildman–Crippen LogP) is 25.5. The molecule has 0 N–H and O–H groups in total. The Bertz CT molecular complexity index is 1470. The van der Waals surface area contributed by atoms with Crippen molar-refractivity contribution in [3.63, 3.8) is 0 Å². The molecule has 0 aromatic heterocycles. The number of ether oxygens (including phenoxy) is 3. The summed E-state index contributed by atoms with van der Waals surface area (Å²) < 4.78 is 17.0. The summed E-state index contributed by atoms with van der Waals surface area (Å²) in [5.74, 6) is -0.850. The first-order chi connectivity index (χ1) is 41.0. The fourth-order valence-corrected chi connectivity index (χ4v) is 11.1. The minimum absolute atomic E-state index is 0.0710. The first kappa shape index (κ1) is 80.1. The van der Waals surface area contributed by atoms with Crippen molar-refractivity contribution in [1.82, 2.24) is 0 Å². The summed E-state index contributed by atoms with van der Waals surface area (Å²) in [6, 6.07) is 0. The van der Waals surface area contributed by atoms with Crippen LogP contribution in [0.3, 0.4) is 0 Å². The Morgan fingerprint density at radius 1 is 0.253 bits per heavy atom. The molecule has 0 saturated carbocycles. The van der Waals surface area contributed by atoms with Crippen LogP contribution in [0.15, 0.2) is 60.8 Å². The highest BCUT2D eigenvalue weighted by molar-refractivity contribution is 5.71. The van der Waals surface area contributed by atoms with E-state index in [9.17, 15) is 14.4 Å². The van der Waals surface area contributed by atoms with E-state index in [1.54, 1.807) is 0 Å². The van der Waals surface area contributed by atoms with Gasteiger partial charge in [0.1, 0.15) is 13.2 Å². The van der Waals surface area contributed by atoms with Gasteiger partial charge in [0.15, 0.2) is 6.10 Å². The molecule has 6 nitrogen and oxygen atoms in total. The van der Waals surface area contributed by atoms with Gasteiger partial charge in [0.2, 0.25) is 0 Å². The highest BCUT2D eigenvalue weighted by Gasteiger charge is 2.19. The first-order valence-corrected chi connectivity index (χ1v) is 36.8. The monoisotopic (exact) mass is 1160 g/mol. The van der Waals surface area contributed by atoms with Crippen molar-refractivity contribution in [2.75, 3.05) is 13.2 Å². The molecular weight excluding hydrogens is 1020 g/mol. The van der Waals surface area contributed by atoms with Crippen molar-refractivity contribution in [3.05, 3.63) is 60.8 Å². The maximum atomic E-state index is 13.0. The molecule has 0 spiro atoms. The highest BCUT2D eigenvalue weighted by Crippen LogP contribution is 2.19. The van der Waals surface area contributed by atoms with Gasteiger partial charge < -0.3 is 14.2 Å². The largest absolute Gasteiger partial charge is 0.462 e. The number of unbranched alkanes of at least 4 members (excludes halogenated alkanes) is 47. The molecule has 6 heteroatoms. The van der Waals surface area contributed by atoms with Gasteiger partial charge in [0.05, 0.1) is 0 Å². The van der Waals surface area contributed by atoms with E-state index in [-0.39, 0.29) is 31.1 Å². The average molecular weight is 1160 g/mol. The Hall–Kier alpha value is -2.89. The number of carbonyl (C=O) groups excluding carboxylic acids is 3. The summed E-state index contributed by atoms with van der Waals surface area (Å²) in [5, 5.41) is 0. The molecule has 0 radical (unpaired) electrons. The first-order valence-electron chi connectivity index (χ1n) is 36.8. The topological polar surface area (TPSA) is 78.9 Å². The molecule has 0 aliphatic carbocycles. The van der Waals surface area contributed by atoms with E-state index in [1.165, 1.54) is 257 Å². The van der Waals surface area contributed by atoms with Crippen LogP contribution in [0, 0.1) is 0 Å². The van der Waals surface area contributed by atoms with Gasteiger partial charge in [-0.3, -0.25) is 14.4 Å². The van der Waals surface area contributed by atoms with Crippen molar-refractivity contribution in [2.45, 2.75) is 399 Å². The van der Waals surface area contributed by atoms with E-state index in [4.69, 9.17) is 14.2 Å². The minimum Gasteiger partial charge on any atom is -0.462 e. The molecule has 0 rings (SSSR count). The maximum absolute atomic E-state index is 13.0. The van der Waals surface area contributed by atoms with Crippen molar-refractivity contribution >= 4 is 17.9 Å². The van der Waals surface area contributed by atoms with Crippen molar-refractivity contribution in [3.8, 4) is 0 Å². The maximum Gasteiger partial charge on any atom is 0.306 e. The van der Waals surface area contributed by atoms with E-state index in [2.05, 4.69) is 81.5 Å². The van der Waals surface area contributed by atoms with Crippen molar-refractivity contribution in [2.24, 2.45) is 0 Å². The Labute approximate surface area is 517 Å². The molecule has 0 aromatic carbocycles. The van der Waals surface area contributed by atoms with Crippen LogP contribution >= 0.6 is 0 Å². The third-order valence-corrected chi connectivity index (χ3v) is 16.5. The summed E-state index contributed by atoms with van der Waals surface area (Å²) in [6.07, 6.45) is 92.6. The van der Waals surface area contributed by atoms with Crippen LogP contribution in [0.1, 0.15) is 393 Å². The second kappa shape index (κ2) is 71.6. The lowest BCUT2D eigenvalue weighted by molar-refractivity contribution is -0.167. The summed E-state index contributed by atoms with van der Waals surface area (Å²) in [4.78, 5) is 38.5. The molecule has 0 fully saturated rings. The molecule has 0 aromatic rings. The van der Waals surface area contributed by atoms with E-state index < -0.39 is 6.10 Å². The van der Waals surface area contributed by atoms with Crippen LogP contribution in [0.4, 0.5) is 0 Å². The molecule has 0 aliphatic heterocycles. The Kier molecular flexibility index (Phi) is 69.1. The summed E-state index contributed by atoms with van der Waals surface area (Å²) in [6.45, 7) is 6.59. The van der Waals surface area contributed by atoms with Gasteiger partial charge in [-0.2, -0.15) is 0 Å². The van der Waals surface area contributed by atoms with E-state index in [0.717, 1.165) is 96.3 Å². The number of hydrogen-bond donors (Lipinski definition) is 0. The summed E-state index contributed by atoms with van der Waals surface area (Å²) >= 11 is 0. The molecular formula is C77H140O6. The Morgan fingerprint density at radius 2 is 0.470 bits per heavy atom. The lowest BCUT2D eigenvalue weighted by atomic mass is 10.0. The molecule has 1 atom stereocenters. The second-order valence-electron chi connectivity index (χ2n) is 24.8. The third kappa shape index (κ3) is 69.8. The van der Waals surface area contributed by atoms with Crippen LogP contribution in [-0.4, -0.2) is 37.2 Å². The Morgan fingerprint density at radius 3 is 0.735 bits per heavy atom. The predicted molar refractivity (Wildman–Crippen MR) is 362 cm³/mol. The summed E-state index contributed by atoms with van der Waals surface area (Å²) in [7, 11) is 0. The van der Waals surface area contributed by atoms with Gasteiger partial charge in [-0.05, 0) is 64.2 Å². The number of hydrogen-bond acceptors (Lipinski definition) is 6. The number of esters is 3. The van der Waals surface area contributed by atoms with Crippen LogP contribution in [0.25, 0.3) is 0 Å². The van der Waals surface area contributed by atoms with E-state index >= 15 is 0 Å². The zero-order valence-corrected chi connectivity index (χ0v) is 55.7. The molecule has 0 amide bonds. The zero-order valence-electron chi connectivity index (χ0n) is 55.7. The molecule has 0 heterocycles. The van der Waals surface area contributed by atoms with Gasteiger partial charge >= 0.3 is 17.9 Å². The minimum atomic E-state index is -0.776. The molecule has 83 heavy (non-hydrogen) atoms. The van der Waals surface area contributed by atoms with Gasteiger partial charge in [-0.25, -0.2) is 0 Å². The van der Waals surface area contributed by atoms with Gasteiger partial charge in [-0.15, -0.1) is 0 Å². The van der Waals surface area contributed by atoms with E-state index in [0.29, 0.717) is 19.3 Å². The smallest absolute Gasteiger partial charge is 0.306 e. The summed E-state index contributed by atoms with van der Waals surface area (Å²) in [5.41, 5.74) is 0. The van der Waals surface area contributed by atoms with Crippen molar-refractivity contribution in [1.29, 1.82) is 0 Å². The van der Waals surface area contributed by atoms with Crippen LogP contribution in [0.2, 0.25) is 0 Å². The molecule has 0 bridgehead atoms. The van der Waals surface area contributed by atoms with Gasteiger partial charge in [-0.1, -0.05) is 370 Å². The third-order valence-electron chi connectivity index (χ3n) is 16.5. The SMILES string of the molecule is CC/C=C\C/C=C\C/C=C\C/C=C\C/C=C\CCCCCCCCCCCC(=O)OC(COC(=O)CCCCCCCCCCCCCCC)COC(=O)CCCCCCCCCCCCCCCCCCCCCCCCCCCCC. The normalized spacial score (nSPS) is 12.4. The Balaban J connectivity index is 4.23. The fourth-order valence-electron chi connectivity index (χ4n) is 11.1. The van der Waals surface area contributed by atoms with Crippen LogP contribution < -0.4 is 0 Å². The van der Waals surface area contributed by atoms with Crippen LogP contribution in [0.5, 0.6) is 0 Å². The number of rotatable bonds is 68. The number of carbonyl (C=O) groups is 3. The number of allylic oxidation sites excluding steroid dienone is 10. The quantitative estimate of drug-likeness (QED) is 0.0261. The zero-order chi connectivity index (χ0) is 59.9. The molecule has 0 saturated heterocycles.